The maximum absolute atomic E-state index is 11.2. The first-order valence-corrected chi connectivity index (χ1v) is 10.2. The van der Waals surface area contributed by atoms with E-state index in [0.29, 0.717) is 10.8 Å². The highest BCUT2D eigenvalue weighted by atomic mass is 32.2. The van der Waals surface area contributed by atoms with Crippen molar-refractivity contribution in [3.63, 3.8) is 0 Å². The lowest BCUT2D eigenvalue weighted by Crippen LogP contribution is -1.97. The van der Waals surface area contributed by atoms with Crippen LogP contribution in [0.5, 0.6) is 5.75 Å². The van der Waals surface area contributed by atoms with Crippen LogP contribution in [-0.2, 0) is 20.2 Å². The second-order valence-electron chi connectivity index (χ2n) is 5.49. The molecule has 0 spiro atoms. The summed E-state index contributed by atoms with van der Waals surface area (Å²) in [7, 11) is -8.69. The highest BCUT2D eigenvalue weighted by Gasteiger charge is 2.12. The van der Waals surface area contributed by atoms with E-state index in [9.17, 15) is 21.9 Å². The van der Waals surface area contributed by atoms with Crippen LogP contribution in [0, 0.1) is 0 Å². The molecule has 3 rings (SSSR count). The molecule has 0 bridgehead atoms. The predicted molar refractivity (Wildman–Crippen MR) is 95.9 cm³/mol. The maximum atomic E-state index is 11.2. The topological polar surface area (TPSA) is 154 Å². The van der Waals surface area contributed by atoms with Gasteiger partial charge in [0.25, 0.3) is 20.2 Å². The number of aromatic hydroxyl groups is 1. The van der Waals surface area contributed by atoms with E-state index in [-0.39, 0.29) is 26.9 Å². The van der Waals surface area contributed by atoms with Crippen LogP contribution in [0.2, 0.25) is 0 Å². The maximum Gasteiger partial charge on any atom is 0.294 e. The number of hydrogen-bond acceptors (Lipinski definition) is 7. The Kier molecular flexibility index (Phi) is 4.70. The van der Waals surface area contributed by atoms with Gasteiger partial charge in [-0.05, 0) is 59.3 Å². The van der Waals surface area contributed by atoms with Crippen LogP contribution >= 0.6 is 0 Å². The first-order chi connectivity index (χ1) is 12.5. The molecule has 0 atom stereocenters. The van der Waals surface area contributed by atoms with Crippen LogP contribution in [0.4, 0.5) is 11.4 Å². The third-order valence-electron chi connectivity index (χ3n) is 3.61. The normalized spacial score (nSPS) is 12.7. The predicted octanol–water partition coefficient (Wildman–Crippen LogP) is 3.45. The SMILES string of the molecule is O=S(=O)(O)c1ccc(N=Nc2cc3cc(S(=O)(=O)O)ccc3cc2O)cc1. The molecule has 0 saturated heterocycles. The Morgan fingerprint density at radius 3 is 1.85 bits per heavy atom. The van der Waals surface area contributed by atoms with Gasteiger partial charge in [0.05, 0.1) is 15.5 Å². The summed E-state index contributed by atoms with van der Waals surface area (Å²) in [5.41, 5.74) is 0.294. The molecule has 0 amide bonds. The minimum atomic E-state index is -4.37. The van der Waals surface area contributed by atoms with Gasteiger partial charge in [0.2, 0.25) is 0 Å². The van der Waals surface area contributed by atoms with E-state index < -0.39 is 20.2 Å². The Morgan fingerprint density at radius 1 is 0.667 bits per heavy atom. The van der Waals surface area contributed by atoms with Gasteiger partial charge in [-0.2, -0.15) is 21.9 Å². The summed E-state index contributed by atoms with van der Waals surface area (Å²) in [5.74, 6) is -0.208. The summed E-state index contributed by atoms with van der Waals surface area (Å²) < 4.78 is 62.5. The molecule has 27 heavy (non-hydrogen) atoms. The molecule has 0 aliphatic heterocycles. The molecule has 0 aliphatic rings. The lowest BCUT2D eigenvalue weighted by Gasteiger charge is -2.04. The molecule has 0 fully saturated rings. The van der Waals surface area contributed by atoms with Crippen molar-refractivity contribution >= 4 is 42.4 Å². The van der Waals surface area contributed by atoms with Crippen LogP contribution in [0.3, 0.4) is 0 Å². The molecule has 3 aromatic rings. The Labute approximate surface area is 154 Å². The van der Waals surface area contributed by atoms with Gasteiger partial charge >= 0.3 is 0 Å². The zero-order valence-corrected chi connectivity index (χ0v) is 15.0. The average Bonchev–Trinajstić information content (AvgIpc) is 2.58. The van der Waals surface area contributed by atoms with Crippen molar-refractivity contribution in [2.24, 2.45) is 10.2 Å². The van der Waals surface area contributed by atoms with E-state index in [0.717, 1.165) is 12.1 Å². The molecular formula is C16H12N2O7S2. The summed E-state index contributed by atoms with van der Waals surface area (Å²) in [6.45, 7) is 0. The second kappa shape index (κ2) is 6.70. The quantitative estimate of drug-likeness (QED) is 0.441. The van der Waals surface area contributed by atoms with E-state index >= 15 is 0 Å². The van der Waals surface area contributed by atoms with E-state index in [1.54, 1.807) is 0 Å². The van der Waals surface area contributed by atoms with Gasteiger partial charge in [-0.25, -0.2) is 0 Å². The summed E-state index contributed by atoms with van der Waals surface area (Å²) in [5, 5.41) is 18.7. The molecule has 140 valence electrons. The number of phenols is 1. The minimum absolute atomic E-state index is 0.0360. The standard InChI is InChI=1S/C16H12N2O7S2/c19-16-9-10-1-4-14(27(23,24)25)7-11(10)8-15(16)18-17-12-2-5-13(6-3-12)26(20,21)22/h1-9,19H,(H,20,21,22)(H,23,24,25). The Bertz CT molecular complexity index is 1270. The highest BCUT2D eigenvalue weighted by Crippen LogP contribution is 2.34. The van der Waals surface area contributed by atoms with Gasteiger partial charge in [0.1, 0.15) is 11.4 Å². The Hall–Kier alpha value is -2.86. The third-order valence-corrected chi connectivity index (χ3v) is 5.33. The van der Waals surface area contributed by atoms with Crippen molar-refractivity contribution in [1.29, 1.82) is 0 Å². The van der Waals surface area contributed by atoms with Crippen molar-refractivity contribution in [3.05, 3.63) is 54.6 Å². The first-order valence-electron chi connectivity index (χ1n) is 7.27. The fourth-order valence-corrected chi connectivity index (χ4v) is 3.28. The lowest BCUT2D eigenvalue weighted by atomic mass is 10.1. The largest absolute Gasteiger partial charge is 0.506 e. The van der Waals surface area contributed by atoms with Crippen molar-refractivity contribution in [3.8, 4) is 5.75 Å². The monoisotopic (exact) mass is 408 g/mol. The number of benzene rings is 3. The summed E-state index contributed by atoms with van der Waals surface area (Å²) in [4.78, 5) is -0.600. The van der Waals surface area contributed by atoms with Gasteiger partial charge in [-0.1, -0.05) is 6.07 Å². The zero-order chi connectivity index (χ0) is 19.8. The Morgan fingerprint density at radius 2 is 1.26 bits per heavy atom. The molecule has 0 heterocycles. The molecule has 0 unspecified atom stereocenters. The molecule has 0 saturated carbocycles. The minimum Gasteiger partial charge on any atom is -0.506 e. The molecule has 11 heteroatoms. The fourth-order valence-electron chi connectivity index (χ4n) is 2.29. The molecule has 0 radical (unpaired) electrons. The second-order valence-corrected chi connectivity index (χ2v) is 8.34. The molecule has 3 aromatic carbocycles. The molecule has 0 aliphatic carbocycles. The van der Waals surface area contributed by atoms with Gasteiger partial charge in [0.15, 0.2) is 0 Å². The van der Waals surface area contributed by atoms with Crippen molar-refractivity contribution in [2.45, 2.75) is 9.79 Å². The molecule has 9 nitrogen and oxygen atoms in total. The molecule has 0 aromatic heterocycles. The summed E-state index contributed by atoms with van der Waals surface area (Å²) in [6.07, 6.45) is 0. The average molecular weight is 408 g/mol. The van der Waals surface area contributed by atoms with Crippen LogP contribution < -0.4 is 0 Å². The molecular weight excluding hydrogens is 396 g/mol. The van der Waals surface area contributed by atoms with E-state index in [1.807, 2.05) is 0 Å². The number of azo groups is 1. The number of fused-ring (bicyclic) bond motifs is 1. The van der Waals surface area contributed by atoms with Gasteiger partial charge in [-0.3, -0.25) is 9.11 Å². The number of hydrogen-bond donors (Lipinski definition) is 3. The fraction of sp³-hybridized carbons (Fsp3) is 0. The first kappa shape index (κ1) is 18.9. The third kappa shape index (κ3) is 4.28. The summed E-state index contributed by atoms with van der Waals surface area (Å²) in [6, 6.07) is 11.5. The van der Waals surface area contributed by atoms with Gasteiger partial charge in [-0.15, -0.1) is 5.11 Å². The highest BCUT2D eigenvalue weighted by molar-refractivity contribution is 7.86. The van der Waals surface area contributed by atoms with Crippen molar-refractivity contribution in [1.82, 2.24) is 0 Å². The van der Waals surface area contributed by atoms with Crippen molar-refractivity contribution < 1.29 is 31.0 Å². The molecule has 3 N–H and O–H groups in total. The zero-order valence-electron chi connectivity index (χ0n) is 13.4. The lowest BCUT2D eigenvalue weighted by molar-refractivity contribution is 0.477. The number of nitrogens with zero attached hydrogens (tertiary/aromatic N) is 2. The van der Waals surface area contributed by atoms with Crippen LogP contribution in [0.15, 0.2) is 74.6 Å². The van der Waals surface area contributed by atoms with Crippen LogP contribution in [0.25, 0.3) is 10.8 Å². The number of rotatable bonds is 4. The van der Waals surface area contributed by atoms with E-state index in [1.165, 1.54) is 42.5 Å². The van der Waals surface area contributed by atoms with Crippen molar-refractivity contribution in [2.75, 3.05) is 0 Å². The van der Waals surface area contributed by atoms with Gasteiger partial charge < -0.3 is 5.11 Å². The van der Waals surface area contributed by atoms with E-state index in [4.69, 9.17) is 9.11 Å². The Balaban J connectivity index is 1.98. The van der Waals surface area contributed by atoms with Gasteiger partial charge in [0, 0.05) is 0 Å². The van der Waals surface area contributed by atoms with Crippen LogP contribution in [-0.4, -0.2) is 31.0 Å². The van der Waals surface area contributed by atoms with Crippen LogP contribution in [0.1, 0.15) is 0 Å². The smallest absolute Gasteiger partial charge is 0.294 e. The van der Waals surface area contributed by atoms with E-state index in [2.05, 4.69) is 10.2 Å². The number of phenolic OH excluding ortho intramolecular Hbond substituents is 1. The summed E-state index contributed by atoms with van der Waals surface area (Å²) >= 11 is 0.